The molecule has 5 nitrogen and oxygen atoms in total. The summed E-state index contributed by atoms with van der Waals surface area (Å²) in [7, 11) is -2.96. The largest absolute Gasteiger partial charge is 0.384 e. The fourth-order valence-electron chi connectivity index (χ4n) is 2.50. The van der Waals surface area contributed by atoms with Gasteiger partial charge in [-0.3, -0.25) is 0 Å². The third-order valence-corrected chi connectivity index (χ3v) is 6.71. The van der Waals surface area contributed by atoms with Crippen LogP contribution in [0.25, 0.3) is 11.3 Å². The smallest absolute Gasteiger partial charge is 0.152 e. The number of sulfone groups is 1. The first-order valence-electron chi connectivity index (χ1n) is 6.36. The molecule has 1 aromatic heterocycles. The molecule has 1 unspecified atom stereocenters. The average molecular weight is 482 g/mol. The lowest BCUT2D eigenvalue weighted by Crippen LogP contribution is -2.14. The Labute approximate surface area is 145 Å². The van der Waals surface area contributed by atoms with Gasteiger partial charge in [0.1, 0.15) is 5.82 Å². The lowest BCUT2D eigenvalue weighted by molar-refractivity contribution is 0.508. The van der Waals surface area contributed by atoms with E-state index in [0.717, 1.165) is 19.3 Å². The summed E-state index contributed by atoms with van der Waals surface area (Å²) in [4.78, 5) is 0. The molecule has 0 amide bonds. The van der Waals surface area contributed by atoms with Crippen LogP contribution in [-0.2, 0) is 9.84 Å². The number of benzene rings is 1. The minimum absolute atomic E-state index is 0.119. The first-order valence-corrected chi connectivity index (χ1v) is 10.1. The SMILES string of the molecule is Nc1cc(-c2cc(Br)ccc2I)nn1C1CCS(=O)(=O)C1. The Morgan fingerprint density at radius 3 is 2.81 bits per heavy atom. The number of aromatic nitrogens is 2. The van der Waals surface area contributed by atoms with Crippen molar-refractivity contribution < 1.29 is 8.42 Å². The molecule has 0 saturated carbocycles. The number of nitrogens with two attached hydrogens (primary N) is 1. The second-order valence-electron chi connectivity index (χ2n) is 5.08. The standard InChI is InChI=1S/C13H13BrIN3O2S/c14-8-1-2-11(15)10(5-8)12-6-13(16)18(17-12)9-3-4-21(19,20)7-9/h1-2,5-6,9H,3-4,7,16H2. The molecule has 1 atom stereocenters. The van der Waals surface area contributed by atoms with Gasteiger partial charge in [0.25, 0.3) is 0 Å². The van der Waals surface area contributed by atoms with E-state index < -0.39 is 9.84 Å². The summed E-state index contributed by atoms with van der Waals surface area (Å²) < 4.78 is 26.9. The van der Waals surface area contributed by atoms with Crippen LogP contribution >= 0.6 is 38.5 Å². The Morgan fingerprint density at radius 1 is 1.38 bits per heavy atom. The van der Waals surface area contributed by atoms with Crippen LogP contribution in [-0.4, -0.2) is 29.7 Å². The molecule has 1 aliphatic rings. The third-order valence-electron chi connectivity index (χ3n) is 3.52. The molecular weight excluding hydrogens is 469 g/mol. The average Bonchev–Trinajstić information content (AvgIpc) is 2.95. The molecule has 2 heterocycles. The van der Waals surface area contributed by atoms with E-state index in [4.69, 9.17) is 5.73 Å². The number of hydrogen-bond donors (Lipinski definition) is 1. The van der Waals surface area contributed by atoms with Gasteiger partial charge < -0.3 is 5.73 Å². The maximum Gasteiger partial charge on any atom is 0.152 e. The van der Waals surface area contributed by atoms with E-state index in [2.05, 4.69) is 43.6 Å². The molecule has 2 N–H and O–H groups in total. The number of hydrogen-bond acceptors (Lipinski definition) is 4. The molecule has 0 spiro atoms. The van der Waals surface area contributed by atoms with Crippen LogP contribution < -0.4 is 5.73 Å². The zero-order valence-electron chi connectivity index (χ0n) is 11.0. The van der Waals surface area contributed by atoms with Crippen molar-refractivity contribution in [3.8, 4) is 11.3 Å². The first kappa shape index (κ1) is 15.3. The number of anilines is 1. The monoisotopic (exact) mass is 481 g/mol. The summed E-state index contributed by atoms with van der Waals surface area (Å²) in [6.07, 6.45) is 0.573. The lowest BCUT2D eigenvalue weighted by atomic mass is 10.1. The van der Waals surface area contributed by atoms with Gasteiger partial charge >= 0.3 is 0 Å². The Balaban J connectivity index is 2.00. The van der Waals surface area contributed by atoms with E-state index in [-0.39, 0.29) is 17.5 Å². The topological polar surface area (TPSA) is 78.0 Å². The molecule has 8 heteroatoms. The molecular formula is C13H13BrIN3O2S. The summed E-state index contributed by atoms with van der Waals surface area (Å²) in [5, 5.41) is 4.53. The molecule has 0 radical (unpaired) electrons. The Bertz CT molecular complexity index is 804. The van der Waals surface area contributed by atoms with E-state index in [1.807, 2.05) is 18.2 Å². The van der Waals surface area contributed by atoms with Crippen LogP contribution in [0.15, 0.2) is 28.7 Å². The minimum atomic E-state index is -2.96. The second-order valence-corrected chi connectivity index (χ2v) is 9.39. The maximum atomic E-state index is 11.6. The normalized spacial score (nSPS) is 20.8. The van der Waals surface area contributed by atoms with Crippen LogP contribution in [0, 0.1) is 3.57 Å². The van der Waals surface area contributed by atoms with Crippen LogP contribution in [0.2, 0.25) is 0 Å². The summed E-state index contributed by atoms with van der Waals surface area (Å²) in [6.45, 7) is 0. The van der Waals surface area contributed by atoms with Crippen molar-refractivity contribution in [1.82, 2.24) is 9.78 Å². The maximum absolute atomic E-state index is 11.6. The van der Waals surface area contributed by atoms with Gasteiger partial charge in [-0.25, -0.2) is 13.1 Å². The van der Waals surface area contributed by atoms with E-state index >= 15 is 0 Å². The van der Waals surface area contributed by atoms with E-state index in [1.54, 1.807) is 10.7 Å². The third kappa shape index (κ3) is 3.11. The minimum Gasteiger partial charge on any atom is -0.384 e. The Morgan fingerprint density at radius 2 is 2.14 bits per heavy atom. The predicted molar refractivity (Wildman–Crippen MR) is 94.8 cm³/mol. The summed E-state index contributed by atoms with van der Waals surface area (Å²) in [6, 6.07) is 7.59. The van der Waals surface area contributed by atoms with Crippen LogP contribution in [0.1, 0.15) is 12.5 Å². The zero-order valence-corrected chi connectivity index (χ0v) is 15.5. The molecule has 2 aromatic rings. The van der Waals surface area contributed by atoms with Crippen molar-refractivity contribution >= 4 is 54.2 Å². The number of nitrogen functional groups attached to an aromatic ring is 1. The highest BCUT2D eigenvalue weighted by Gasteiger charge is 2.31. The van der Waals surface area contributed by atoms with Crippen molar-refractivity contribution in [1.29, 1.82) is 0 Å². The van der Waals surface area contributed by atoms with Gasteiger partial charge in [-0.2, -0.15) is 5.10 Å². The molecule has 1 saturated heterocycles. The van der Waals surface area contributed by atoms with Crippen LogP contribution in [0.3, 0.4) is 0 Å². The van der Waals surface area contributed by atoms with Gasteiger partial charge in [-0.1, -0.05) is 15.9 Å². The van der Waals surface area contributed by atoms with Gasteiger partial charge in [-0.15, -0.1) is 0 Å². The van der Waals surface area contributed by atoms with Crippen molar-refractivity contribution in [3.05, 3.63) is 32.3 Å². The highest BCUT2D eigenvalue weighted by Crippen LogP contribution is 2.32. The van der Waals surface area contributed by atoms with Crippen molar-refractivity contribution in [3.63, 3.8) is 0 Å². The molecule has 1 aromatic carbocycles. The van der Waals surface area contributed by atoms with E-state index in [1.165, 1.54) is 0 Å². The highest BCUT2D eigenvalue weighted by molar-refractivity contribution is 14.1. The fourth-order valence-corrected chi connectivity index (χ4v) is 5.16. The van der Waals surface area contributed by atoms with Gasteiger partial charge in [0.05, 0.1) is 23.2 Å². The van der Waals surface area contributed by atoms with Gasteiger partial charge in [0.15, 0.2) is 9.84 Å². The van der Waals surface area contributed by atoms with Gasteiger partial charge in [0, 0.05) is 19.7 Å². The van der Waals surface area contributed by atoms with E-state index in [0.29, 0.717) is 12.2 Å². The predicted octanol–water partition coefficient (Wildman–Crippen LogP) is 2.86. The van der Waals surface area contributed by atoms with Crippen molar-refractivity contribution in [2.45, 2.75) is 12.5 Å². The molecule has 3 rings (SSSR count). The summed E-state index contributed by atoms with van der Waals surface area (Å²) in [5.41, 5.74) is 7.78. The Hall–Kier alpha value is -0.610. The number of rotatable bonds is 2. The highest BCUT2D eigenvalue weighted by atomic mass is 127. The van der Waals surface area contributed by atoms with Gasteiger partial charge in [0.2, 0.25) is 0 Å². The quantitative estimate of drug-likeness (QED) is 0.669. The second kappa shape index (κ2) is 5.54. The molecule has 0 bridgehead atoms. The van der Waals surface area contributed by atoms with Crippen molar-refractivity contribution in [2.24, 2.45) is 0 Å². The van der Waals surface area contributed by atoms with Crippen LogP contribution in [0.4, 0.5) is 5.82 Å². The molecule has 1 fully saturated rings. The summed E-state index contributed by atoms with van der Waals surface area (Å²) >= 11 is 5.70. The van der Waals surface area contributed by atoms with Crippen molar-refractivity contribution in [2.75, 3.05) is 17.2 Å². The lowest BCUT2D eigenvalue weighted by Gasteiger charge is -2.10. The molecule has 0 aliphatic carbocycles. The molecule has 21 heavy (non-hydrogen) atoms. The van der Waals surface area contributed by atoms with Gasteiger partial charge in [-0.05, 0) is 47.2 Å². The first-order chi connectivity index (χ1) is 9.85. The number of halogens is 2. The summed E-state index contributed by atoms with van der Waals surface area (Å²) in [5.74, 6) is 0.831. The number of nitrogens with zero attached hydrogens (tertiary/aromatic N) is 2. The fraction of sp³-hybridized carbons (Fsp3) is 0.308. The Kier molecular flexibility index (Phi) is 4.04. The molecule has 112 valence electrons. The van der Waals surface area contributed by atoms with Crippen LogP contribution in [0.5, 0.6) is 0 Å². The zero-order chi connectivity index (χ0) is 15.2. The molecule has 1 aliphatic heterocycles. The van der Waals surface area contributed by atoms with E-state index in [9.17, 15) is 8.42 Å².